The fourth-order valence-electron chi connectivity index (χ4n) is 2.60. The van der Waals surface area contributed by atoms with E-state index >= 15 is 0 Å². The summed E-state index contributed by atoms with van der Waals surface area (Å²) in [6.07, 6.45) is -0.402. The number of carbonyl (C=O) groups is 3. The zero-order chi connectivity index (χ0) is 20.1. The van der Waals surface area contributed by atoms with Gasteiger partial charge in [0, 0.05) is 39.0 Å². The summed E-state index contributed by atoms with van der Waals surface area (Å²) >= 11 is 0. The summed E-state index contributed by atoms with van der Waals surface area (Å²) in [6.45, 7) is 5.42. The molecule has 0 unspecified atom stereocenters. The van der Waals surface area contributed by atoms with E-state index in [1.165, 1.54) is 31.5 Å². The first kappa shape index (κ1) is 20.4. The van der Waals surface area contributed by atoms with Crippen molar-refractivity contribution in [1.29, 1.82) is 0 Å². The third-order valence-corrected chi connectivity index (χ3v) is 3.75. The summed E-state index contributed by atoms with van der Waals surface area (Å²) in [5, 5.41) is 0. The Labute approximate surface area is 155 Å². The molecule has 0 aromatic carbocycles. The summed E-state index contributed by atoms with van der Waals surface area (Å²) in [5.74, 6) is -1.13. The van der Waals surface area contributed by atoms with Crippen LogP contribution in [0.25, 0.3) is 0 Å². The number of hydrazine groups is 1. The molecule has 2 heterocycles. The van der Waals surface area contributed by atoms with Gasteiger partial charge in [-0.1, -0.05) is 0 Å². The molecular formula is C16H22N4O7. The van der Waals surface area contributed by atoms with E-state index < -0.39 is 36.1 Å². The van der Waals surface area contributed by atoms with Crippen LogP contribution in [0.5, 0.6) is 0 Å². The van der Waals surface area contributed by atoms with Crippen molar-refractivity contribution in [2.45, 2.75) is 52.6 Å². The van der Waals surface area contributed by atoms with Crippen molar-refractivity contribution in [3.8, 4) is 0 Å². The number of nitrogens with zero attached hydrogens (tertiary/aromatic N) is 2. The van der Waals surface area contributed by atoms with Crippen molar-refractivity contribution in [3.63, 3.8) is 0 Å². The van der Waals surface area contributed by atoms with Gasteiger partial charge in [-0.3, -0.25) is 29.8 Å². The number of hydrogen-bond acceptors (Lipinski definition) is 9. The molecule has 0 aliphatic carbocycles. The van der Waals surface area contributed by atoms with Gasteiger partial charge in [-0.2, -0.15) is 4.98 Å². The van der Waals surface area contributed by atoms with Crippen LogP contribution in [-0.4, -0.2) is 46.2 Å². The van der Waals surface area contributed by atoms with Gasteiger partial charge in [0.05, 0.1) is 0 Å². The lowest BCUT2D eigenvalue weighted by Crippen LogP contribution is -2.33. The average molecular weight is 382 g/mol. The summed E-state index contributed by atoms with van der Waals surface area (Å²) in [7, 11) is 0. The Morgan fingerprint density at radius 2 is 2.00 bits per heavy atom. The zero-order valence-electron chi connectivity index (χ0n) is 15.5. The largest absolute Gasteiger partial charge is 0.463 e. The van der Waals surface area contributed by atoms with E-state index in [0.717, 1.165) is 0 Å². The van der Waals surface area contributed by atoms with Gasteiger partial charge in [0.2, 0.25) is 5.91 Å². The number of rotatable bonds is 6. The van der Waals surface area contributed by atoms with E-state index in [9.17, 15) is 19.2 Å². The highest BCUT2D eigenvalue weighted by molar-refractivity contribution is 5.74. The zero-order valence-corrected chi connectivity index (χ0v) is 15.5. The summed E-state index contributed by atoms with van der Waals surface area (Å²) in [4.78, 5) is 49.6. The van der Waals surface area contributed by atoms with Crippen molar-refractivity contribution in [2.24, 2.45) is 0 Å². The fourth-order valence-corrected chi connectivity index (χ4v) is 2.60. The van der Waals surface area contributed by atoms with E-state index in [4.69, 9.17) is 14.2 Å². The second kappa shape index (κ2) is 8.62. The van der Waals surface area contributed by atoms with Crippen LogP contribution in [0, 0.1) is 6.92 Å². The molecule has 27 heavy (non-hydrogen) atoms. The molecule has 2 rings (SSSR count). The normalized spacial score (nSPS) is 21.4. The standard InChI is InChI=1S/C16H22N4O7/c1-8-6-20(16(24)17-15(8)19-18-9(2)21)14-5-12(26-11(4)23)13(27-14)7-25-10(3)22/h6,12-14H,5,7H2,1-4H3,(H,18,21)(H,17,19,24)/t12-,13+,14+/m0/s1. The Hall–Kier alpha value is -2.95. The average Bonchev–Trinajstić information content (AvgIpc) is 2.95. The third-order valence-electron chi connectivity index (χ3n) is 3.75. The maximum atomic E-state index is 12.4. The number of aromatic nitrogens is 2. The molecule has 148 valence electrons. The number of ether oxygens (including phenoxy) is 3. The molecule has 1 amide bonds. The second-order valence-corrected chi connectivity index (χ2v) is 6.08. The van der Waals surface area contributed by atoms with Crippen LogP contribution in [0.15, 0.2) is 11.0 Å². The number of carbonyl (C=O) groups excluding carboxylic acids is 3. The minimum atomic E-state index is -0.747. The summed E-state index contributed by atoms with van der Waals surface area (Å²) in [6, 6.07) is 0. The predicted molar refractivity (Wildman–Crippen MR) is 91.4 cm³/mol. The van der Waals surface area contributed by atoms with Crippen LogP contribution < -0.4 is 16.5 Å². The van der Waals surface area contributed by atoms with Crippen LogP contribution in [0.2, 0.25) is 0 Å². The minimum Gasteiger partial charge on any atom is -0.463 e. The van der Waals surface area contributed by atoms with E-state index in [-0.39, 0.29) is 24.8 Å². The SMILES string of the molecule is CC(=O)NNc1nc(=O)n([C@H]2C[C@H](OC(C)=O)[C@@H](COC(C)=O)O2)cc1C. The Morgan fingerprint density at radius 1 is 1.30 bits per heavy atom. The lowest BCUT2D eigenvalue weighted by molar-refractivity contribution is -0.155. The van der Waals surface area contributed by atoms with Gasteiger partial charge in [-0.05, 0) is 6.92 Å². The van der Waals surface area contributed by atoms with Gasteiger partial charge in [0.25, 0.3) is 0 Å². The second-order valence-electron chi connectivity index (χ2n) is 6.08. The number of amides is 1. The third kappa shape index (κ3) is 5.51. The lowest BCUT2D eigenvalue weighted by atomic mass is 10.2. The molecule has 11 nitrogen and oxygen atoms in total. The lowest BCUT2D eigenvalue weighted by Gasteiger charge is -2.18. The molecule has 1 aliphatic heterocycles. The Balaban J connectivity index is 2.20. The minimum absolute atomic E-state index is 0.104. The van der Waals surface area contributed by atoms with E-state index in [0.29, 0.717) is 5.56 Å². The highest BCUT2D eigenvalue weighted by Crippen LogP contribution is 2.30. The topological polar surface area (TPSA) is 138 Å². The monoisotopic (exact) mass is 382 g/mol. The van der Waals surface area contributed by atoms with Crippen LogP contribution in [0.1, 0.15) is 39.0 Å². The van der Waals surface area contributed by atoms with Crippen LogP contribution in [-0.2, 0) is 28.6 Å². The molecule has 1 aromatic rings. The number of aryl methyl sites for hydroxylation is 1. The molecule has 0 spiro atoms. The molecule has 0 saturated carbocycles. The molecule has 1 fully saturated rings. The molecule has 1 aromatic heterocycles. The molecular weight excluding hydrogens is 360 g/mol. The highest BCUT2D eigenvalue weighted by Gasteiger charge is 2.39. The van der Waals surface area contributed by atoms with E-state index in [1.54, 1.807) is 6.92 Å². The maximum Gasteiger partial charge on any atom is 0.351 e. The van der Waals surface area contributed by atoms with Gasteiger partial charge < -0.3 is 14.2 Å². The summed E-state index contributed by atoms with van der Waals surface area (Å²) in [5.41, 5.74) is 4.87. The first-order chi connectivity index (χ1) is 12.7. The van der Waals surface area contributed by atoms with Gasteiger partial charge in [0.1, 0.15) is 25.0 Å². The molecule has 2 N–H and O–H groups in total. The number of anilines is 1. The van der Waals surface area contributed by atoms with Crippen molar-refractivity contribution in [2.75, 3.05) is 12.0 Å². The van der Waals surface area contributed by atoms with E-state index in [1.807, 2.05) is 0 Å². The fraction of sp³-hybridized carbons (Fsp3) is 0.562. The smallest absolute Gasteiger partial charge is 0.351 e. The maximum absolute atomic E-state index is 12.4. The summed E-state index contributed by atoms with van der Waals surface area (Å²) < 4.78 is 17.2. The number of nitrogens with one attached hydrogen (secondary N) is 2. The number of esters is 2. The Morgan fingerprint density at radius 3 is 2.59 bits per heavy atom. The van der Waals surface area contributed by atoms with Crippen LogP contribution >= 0.6 is 0 Å². The van der Waals surface area contributed by atoms with Crippen molar-refractivity contribution in [3.05, 3.63) is 22.2 Å². The Kier molecular flexibility index (Phi) is 6.50. The first-order valence-electron chi connectivity index (χ1n) is 8.25. The van der Waals surface area contributed by atoms with Crippen molar-refractivity contribution >= 4 is 23.7 Å². The molecule has 0 radical (unpaired) electrons. The highest BCUT2D eigenvalue weighted by atomic mass is 16.6. The molecule has 3 atom stereocenters. The number of hydrogen-bond donors (Lipinski definition) is 2. The quantitative estimate of drug-likeness (QED) is 0.506. The van der Waals surface area contributed by atoms with Crippen molar-refractivity contribution < 1.29 is 28.6 Å². The van der Waals surface area contributed by atoms with Gasteiger partial charge in [-0.25, -0.2) is 4.79 Å². The van der Waals surface area contributed by atoms with E-state index in [2.05, 4.69) is 15.8 Å². The van der Waals surface area contributed by atoms with Gasteiger partial charge >= 0.3 is 17.6 Å². The first-order valence-corrected chi connectivity index (χ1v) is 8.25. The van der Waals surface area contributed by atoms with Crippen molar-refractivity contribution in [1.82, 2.24) is 15.0 Å². The van der Waals surface area contributed by atoms with Gasteiger partial charge in [-0.15, -0.1) is 0 Å². The molecule has 1 aliphatic rings. The van der Waals surface area contributed by atoms with Crippen LogP contribution in [0.4, 0.5) is 5.82 Å². The predicted octanol–water partition coefficient (Wildman–Crippen LogP) is -0.203. The molecule has 0 bridgehead atoms. The molecule has 11 heteroatoms. The van der Waals surface area contributed by atoms with Crippen LogP contribution in [0.3, 0.4) is 0 Å². The Bertz CT molecular complexity index is 791. The molecule has 1 saturated heterocycles. The van der Waals surface area contributed by atoms with Gasteiger partial charge in [0.15, 0.2) is 5.82 Å².